The monoisotopic (exact) mass is 408 g/mol. The highest BCUT2D eigenvalue weighted by Gasteiger charge is 2.46. The predicted molar refractivity (Wildman–Crippen MR) is 111 cm³/mol. The van der Waals surface area contributed by atoms with E-state index in [-0.39, 0.29) is 35.2 Å². The van der Waals surface area contributed by atoms with E-state index in [1.807, 2.05) is 0 Å². The number of aliphatic hydroxyl groups is 1. The van der Waals surface area contributed by atoms with Gasteiger partial charge in [-0.05, 0) is 31.1 Å². The number of rotatable bonds is 10. The summed E-state index contributed by atoms with van der Waals surface area (Å²) in [5, 5.41) is 10.5. The topological polar surface area (TPSA) is 72.8 Å². The van der Waals surface area contributed by atoms with Gasteiger partial charge >= 0.3 is 0 Å². The van der Waals surface area contributed by atoms with Crippen LogP contribution in [0.3, 0.4) is 0 Å². The van der Waals surface area contributed by atoms with E-state index < -0.39 is 22.0 Å². The fourth-order valence-corrected chi connectivity index (χ4v) is 5.47. The molecule has 1 aliphatic rings. The van der Waals surface area contributed by atoms with Crippen molar-refractivity contribution < 1.29 is 23.0 Å². The first-order valence-electron chi connectivity index (χ1n) is 9.70. The summed E-state index contributed by atoms with van der Waals surface area (Å²) in [6.45, 7) is 11.5. The van der Waals surface area contributed by atoms with Gasteiger partial charge in [-0.3, -0.25) is 0 Å². The molecule has 0 saturated carbocycles. The maximum Gasteiger partial charge on any atom is 0.178 e. The van der Waals surface area contributed by atoms with E-state index in [0.717, 1.165) is 12.8 Å². The van der Waals surface area contributed by atoms with Gasteiger partial charge in [0, 0.05) is 19.4 Å². The van der Waals surface area contributed by atoms with Gasteiger partial charge in [0.1, 0.15) is 0 Å². The van der Waals surface area contributed by atoms with Crippen molar-refractivity contribution in [2.75, 3.05) is 12.9 Å². The molecule has 1 saturated heterocycles. The van der Waals surface area contributed by atoms with Crippen LogP contribution in [-0.4, -0.2) is 50.8 Å². The summed E-state index contributed by atoms with van der Waals surface area (Å²) >= 11 is 0. The molecule has 0 bridgehead atoms. The first-order chi connectivity index (χ1) is 13.2. The smallest absolute Gasteiger partial charge is 0.178 e. The Morgan fingerprint density at radius 1 is 1.25 bits per heavy atom. The maximum absolute atomic E-state index is 13.0. The molecule has 0 spiro atoms. The molecule has 1 N–H and O–H groups in total. The Balaban J connectivity index is 2.28. The minimum Gasteiger partial charge on any atom is -0.388 e. The summed E-state index contributed by atoms with van der Waals surface area (Å²) in [6.07, 6.45) is 0.134. The second-order valence-electron chi connectivity index (χ2n) is 7.52. The summed E-state index contributed by atoms with van der Waals surface area (Å²) in [4.78, 5) is 0.287. The van der Waals surface area contributed by atoms with E-state index in [1.165, 1.54) is 0 Å². The van der Waals surface area contributed by atoms with Gasteiger partial charge in [-0.1, -0.05) is 50.3 Å². The molecule has 6 heteroatoms. The van der Waals surface area contributed by atoms with Crippen LogP contribution in [0.2, 0.25) is 0 Å². The van der Waals surface area contributed by atoms with Crippen molar-refractivity contribution in [3.05, 3.63) is 54.6 Å². The first-order valence-corrected chi connectivity index (χ1v) is 11.3. The number of aliphatic hydroxyl groups excluding tert-OH is 1. The fraction of sp³-hybridized carbons (Fsp3) is 0.545. The van der Waals surface area contributed by atoms with Crippen molar-refractivity contribution in [2.45, 2.75) is 62.4 Å². The molecule has 5 nitrogen and oxygen atoms in total. The number of sulfone groups is 1. The zero-order chi connectivity index (χ0) is 20.9. The van der Waals surface area contributed by atoms with Crippen LogP contribution in [-0.2, 0) is 19.3 Å². The van der Waals surface area contributed by atoms with Crippen molar-refractivity contribution >= 4 is 9.84 Å². The van der Waals surface area contributed by atoms with Gasteiger partial charge in [-0.15, -0.1) is 0 Å². The van der Waals surface area contributed by atoms with E-state index in [1.54, 1.807) is 44.4 Å². The van der Waals surface area contributed by atoms with Crippen LogP contribution in [0.25, 0.3) is 0 Å². The van der Waals surface area contributed by atoms with Crippen LogP contribution in [0.15, 0.2) is 59.5 Å². The van der Waals surface area contributed by atoms with Crippen LogP contribution in [0.5, 0.6) is 0 Å². The Bertz CT molecular complexity index is 771. The molecule has 1 aromatic rings. The number of ether oxygens (including phenoxy) is 2. The van der Waals surface area contributed by atoms with Crippen LogP contribution in [0.1, 0.15) is 33.1 Å². The van der Waals surface area contributed by atoms with Crippen molar-refractivity contribution in [1.29, 1.82) is 0 Å². The molecule has 1 heterocycles. The van der Waals surface area contributed by atoms with Gasteiger partial charge in [0.2, 0.25) is 0 Å². The minimum atomic E-state index is -3.51. The van der Waals surface area contributed by atoms with Gasteiger partial charge in [-0.2, -0.15) is 0 Å². The lowest BCUT2D eigenvalue weighted by Gasteiger charge is -2.25. The summed E-state index contributed by atoms with van der Waals surface area (Å²) in [6, 6.07) is 8.41. The van der Waals surface area contributed by atoms with Gasteiger partial charge < -0.3 is 14.6 Å². The average Bonchev–Trinajstić information content (AvgIpc) is 2.97. The zero-order valence-electron chi connectivity index (χ0n) is 17.0. The molecule has 0 amide bonds. The molecule has 0 radical (unpaired) electrons. The lowest BCUT2D eigenvalue weighted by molar-refractivity contribution is -0.0191. The van der Waals surface area contributed by atoms with Crippen LogP contribution >= 0.6 is 0 Å². The average molecular weight is 409 g/mol. The number of methoxy groups -OCH3 is 1. The third-order valence-electron chi connectivity index (χ3n) is 5.38. The van der Waals surface area contributed by atoms with E-state index in [9.17, 15) is 13.5 Å². The molecule has 2 rings (SSSR count). The highest BCUT2D eigenvalue weighted by atomic mass is 32.2. The first kappa shape index (κ1) is 22.8. The molecular weight excluding hydrogens is 376 g/mol. The van der Waals surface area contributed by atoms with Crippen LogP contribution < -0.4 is 0 Å². The molecule has 0 aliphatic carbocycles. The molecule has 1 fully saturated rings. The second-order valence-corrected chi connectivity index (χ2v) is 9.55. The van der Waals surface area contributed by atoms with Crippen molar-refractivity contribution in [3.63, 3.8) is 0 Å². The van der Waals surface area contributed by atoms with Crippen molar-refractivity contribution in [3.8, 4) is 0 Å². The molecule has 1 aliphatic heterocycles. The molecule has 0 unspecified atom stereocenters. The maximum atomic E-state index is 13.0. The normalized spacial score (nSPS) is 26.1. The van der Waals surface area contributed by atoms with E-state index in [2.05, 4.69) is 20.1 Å². The van der Waals surface area contributed by atoms with Crippen molar-refractivity contribution in [2.24, 2.45) is 5.92 Å². The third-order valence-corrected chi connectivity index (χ3v) is 7.20. The summed E-state index contributed by atoms with van der Waals surface area (Å²) in [5.41, 5.74) is 1.24. The largest absolute Gasteiger partial charge is 0.388 e. The summed E-state index contributed by atoms with van der Waals surface area (Å²) in [7, 11) is -1.92. The molecule has 5 atom stereocenters. The highest BCUT2D eigenvalue weighted by Crippen LogP contribution is 2.37. The van der Waals surface area contributed by atoms with E-state index in [4.69, 9.17) is 9.47 Å². The Hall–Kier alpha value is -1.47. The van der Waals surface area contributed by atoms with Crippen LogP contribution in [0, 0.1) is 5.92 Å². The van der Waals surface area contributed by atoms with E-state index in [0.29, 0.717) is 11.1 Å². The van der Waals surface area contributed by atoms with Crippen molar-refractivity contribution in [1.82, 2.24) is 0 Å². The molecule has 156 valence electrons. The SMILES string of the molecule is C=C(C)C(=C)[C@@H](O)C[C@@H]1O[C@H](CCC)[C@H](OC)[C@H]1CS(=O)(=O)c1ccccc1. The number of benzene rings is 1. The molecule has 28 heavy (non-hydrogen) atoms. The quantitative estimate of drug-likeness (QED) is 0.600. The van der Waals surface area contributed by atoms with Gasteiger partial charge in [0.25, 0.3) is 0 Å². The fourth-order valence-electron chi connectivity index (χ4n) is 3.79. The summed E-state index contributed by atoms with van der Waals surface area (Å²) in [5.74, 6) is -0.466. The molecule has 0 aromatic heterocycles. The summed E-state index contributed by atoms with van der Waals surface area (Å²) < 4.78 is 37.8. The number of hydrogen-bond acceptors (Lipinski definition) is 5. The van der Waals surface area contributed by atoms with Gasteiger partial charge in [0.05, 0.1) is 35.1 Å². The van der Waals surface area contributed by atoms with Gasteiger partial charge in [0.15, 0.2) is 9.84 Å². The highest BCUT2D eigenvalue weighted by molar-refractivity contribution is 7.91. The van der Waals surface area contributed by atoms with Crippen LogP contribution in [0.4, 0.5) is 0 Å². The lowest BCUT2D eigenvalue weighted by atomic mass is 9.91. The lowest BCUT2D eigenvalue weighted by Crippen LogP contribution is -2.36. The van der Waals surface area contributed by atoms with Gasteiger partial charge in [-0.25, -0.2) is 8.42 Å². The third kappa shape index (κ3) is 5.32. The zero-order valence-corrected chi connectivity index (χ0v) is 17.8. The minimum absolute atomic E-state index is 0.0906. The Kier molecular flexibility index (Phi) is 8.01. The van der Waals surface area contributed by atoms with E-state index >= 15 is 0 Å². The molecular formula is C22H32O5S. The molecule has 1 aromatic carbocycles. The Labute approximate surface area is 169 Å². The Morgan fingerprint density at radius 2 is 1.89 bits per heavy atom. The number of hydrogen-bond donors (Lipinski definition) is 1. The standard InChI is InChI=1S/C22H32O5S/c1-6-10-20-22(26-5)18(14-28(24,25)17-11-8-7-9-12-17)21(27-20)13-19(23)16(4)15(2)3/h7-9,11-12,18-23H,2,4,6,10,13-14H2,1,3,5H3/t18-,19-,20+,21-,22+/m0/s1. The predicted octanol–water partition coefficient (Wildman–Crippen LogP) is 3.54. The Morgan fingerprint density at radius 3 is 2.43 bits per heavy atom. The second kappa shape index (κ2) is 9.83.